The molecule has 0 bridgehead atoms. The second kappa shape index (κ2) is 6.89. The van der Waals surface area contributed by atoms with Crippen molar-refractivity contribution in [1.29, 1.82) is 0 Å². The zero-order valence-electron chi connectivity index (χ0n) is 8.65. The Labute approximate surface area is 88.9 Å². The summed E-state index contributed by atoms with van der Waals surface area (Å²) in [4.78, 5) is 0. The van der Waals surface area contributed by atoms with Gasteiger partial charge >= 0.3 is 0 Å². The van der Waals surface area contributed by atoms with Crippen molar-refractivity contribution >= 4 is 5.84 Å². The molecule has 84 valence electrons. The molecule has 5 nitrogen and oxygen atoms in total. The molecule has 0 atom stereocenters. The molecule has 0 aromatic carbocycles. The minimum atomic E-state index is 0.280. The fourth-order valence-electron chi connectivity index (χ4n) is 1.24. The summed E-state index contributed by atoms with van der Waals surface area (Å²) in [5.74, 6) is 1.27. The Hall–Kier alpha value is -1.49. The van der Waals surface area contributed by atoms with Gasteiger partial charge in [0, 0.05) is 19.4 Å². The zero-order chi connectivity index (χ0) is 10.9. The number of nitrogens with one attached hydrogen (secondary N) is 1. The van der Waals surface area contributed by atoms with E-state index in [-0.39, 0.29) is 5.84 Å². The number of nitrogens with two attached hydrogens (primary N) is 1. The Morgan fingerprint density at radius 3 is 3.07 bits per heavy atom. The van der Waals surface area contributed by atoms with Crippen molar-refractivity contribution < 1.29 is 9.62 Å². The van der Waals surface area contributed by atoms with Gasteiger partial charge in [-0.1, -0.05) is 5.16 Å². The lowest BCUT2D eigenvalue weighted by Gasteiger charge is -2.02. The Morgan fingerprint density at radius 2 is 2.40 bits per heavy atom. The van der Waals surface area contributed by atoms with Gasteiger partial charge in [0.25, 0.3) is 0 Å². The van der Waals surface area contributed by atoms with E-state index in [0.29, 0.717) is 6.42 Å². The third kappa shape index (κ3) is 5.07. The summed E-state index contributed by atoms with van der Waals surface area (Å²) in [6.45, 7) is 1.74. The largest absolute Gasteiger partial charge is 0.469 e. The second-order valence-electron chi connectivity index (χ2n) is 3.27. The van der Waals surface area contributed by atoms with Crippen molar-refractivity contribution in [3.63, 3.8) is 0 Å². The lowest BCUT2D eigenvalue weighted by Crippen LogP contribution is -2.20. The molecule has 0 saturated carbocycles. The second-order valence-corrected chi connectivity index (χ2v) is 3.27. The van der Waals surface area contributed by atoms with Gasteiger partial charge in [0.1, 0.15) is 11.6 Å². The Balaban J connectivity index is 1.94. The molecule has 0 aliphatic heterocycles. The van der Waals surface area contributed by atoms with Crippen molar-refractivity contribution in [2.45, 2.75) is 19.3 Å². The Morgan fingerprint density at radius 1 is 1.53 bits per heavy atom. The SMILES string of the molecule is NC(CCCNCCc1ccco1)=NO. The highest BCUT2D eigenvalue weighted by Gasteiger charge is 1.96. The Bertz CT molecular complexity index is 283. The van der Waals surface area contributed by atoms with Crippen molar-refractivity contribution in [2.75, 3.05) is 13.1 Å². The molecule has 0 saturated heterocycles. The van der Waals surface area contributed by atoms with Gasteiger partial charge in [0.05, 0.1) is 6.26 Å². The number of furan rings is 1. The molecule has 1 heterocycles. The van der Waals surface area contributed by atoms with Crippen LogP contribution in [0.3, 0.4) is 0 Å². The van der Waals surface area contributed by atoms with Crippen molar-refractivity contribution in [3.8, 4) is 0 Å². The summed E-state index contributed by atoms with van der Waals surface area (Å²) >= 11 is 0. The van der Waals surface area contributed by atoms with Crippen LogP contribution in [0.4, 0.5) is 0 Å². The van der Waals surface area contributed by atoms with Crippen LogP contribution in [0.1, 0.15) is 18.6 Å². The smallest absolute Gasteiger partial charge is 0.139 e. The van der Waals surface area contributed by atoms with Crippen LogP contribution in [0.15, 0.2) is 28.0 Å². The Kier molecular flexibility index (Phi) is 5.32. The van der Waals surface area contributed by atoms with Crippen LogP contribution in [0.2, 0.25) is 0 Å². The van der Waals surface area contributed by atoms with Crippen LogP contribution in [0.25, 0.3) is 0 Å². The first-order valence-electron chi connectivity index (χ1n) is 5.02. The number of amidine groups is 1. The minimum Gasteiger partial charge on any atom is -0.469 e. The van der Waals surface area contributed by atoms with Crippen LogP contribution in [0.5, 0.6) is 0 Å². The lowest BCUT2D eigenvalue weighted by atomic mass is 10.3. The molecule has 0 aliphatic rings. The fraction of sp³-hybridized carbons (Fsp3) is 0.500. The van der Waals surface area contributed by atoms with Gasteiger partial charge in [-0.25, -0.2) is 0 Å². The molecule has 5 heteroatoms. The maximum Gasteiger partial charge on any atom is 0.139 e. The maximum absolute atomic E-state index is 8.29. The minimum absolute atomic E-state index is 0.280. The summed E-state index contributed by atoms with van der Waals surface area (Å²) < 4.78 is 5.18. The predicted molar refractivity (Wildman–Crippen MR) is 57.9 cm³/mol. The van der Waals surface area contributed by atoms with E-state index in [9.17, 15) is 0 Å². The first-order valence-corrected chi connectivity index (χ1v) is 5.02. The molecule has 15 heavy (non-hydrogen) atoms. The summed E-state index contributed by atoms with van der Waals surface area (Å²) in [5, 5.41) is 14.4. The van der Waals surface area contributed by atoms with Crippen LogP contribution >= 0.6 is 0 Å². The van der Waals surface area contributed by atoms with Crippen LogP contribution in [-0.4, -0.2) is 24.1 Å². The van der Waals surface area contributed by atoms with Gasteiger partial charge in [-0.05, 0) is 25.1 Å². The van der Waals surface area contributed by atoms with E-state index >= 15 is 0 Å². The highest BCUT2D eigenvalue weighted by atomic mass is 16.4. The number of oxime groups is 1. The van der Waals surface area contributed by atoms with E-state index in [0.717, 1.165) is 31.7 Å². The van der Waals surface area contributed by atoms with E-state index in [1.807, 2.05) is 12.1 Å². The molecule has 0 aliphatic carbocycles. The molecule has 4 N–H and O–H groups in total. The molecule has 1 rings (SSSR count). The molecule has 0 amide bonds. The molecular weight excluding hydrogens is 194 g/mol. The molecule has 1 aromatic rings. The van der Waals surface area contributed by atoms with E-state index < -0.39 is 0 Å². The third-order valence-corrected chi connectivity index (χ3v) is 2.04. The van der Waals surface area contributed by atoms with Gasteiger partial charge in [-0.3, -0.25) is 0 Å². The van der Waals surface area contributed by atoms with E-state index in [2.05, 4.69) is 10.5 Å². The summed E-state index contributed by atoms with van der Waals surface area (Å²) in [7, 11) is 0. The molecule has 0 spiro atoms. The summed E-state index contributed by atoms with van der Waals surface area (Å²) in [6, 6.07) is 3.84. The van der Waals surface area contributed by atoms with Crippen LogP contribution < -0.4 is 11.1 Å². The standard InChI is InChI=1S/C10H17N3O2/c11-10(13-14)4-1-6-12-7-5-9-3-2-8-15-9/h2-3,8,12,14H,1,4-7H2,(H2,11,13). The van der Waals surface area contributed by atoms with Gasteiger partial charge in [0.15, 0.2) is 0 Å². The third-order valence-electron chi connectivity index (χ3n) is 2.04. The van der Waals surface area contributed by atoms with Crippen LogP contribution in [-0.2, 0) is 6.42 Å². The average Bonchev–Trinajstić information content (AvgIpc) is 2.75. The molecule has 0 fully saturated rings. The van der Waals surface area contributed by atoms with Crippen LogP contribution in [0, 0.1) is 0 Å². The van der Waals surface area contributed by atoms with E-state index in [1.165, 1.54) is 0 Å². The molecular formula is C10H17N3O2. The lowest BCUT2D eigenvalue weighted by molar-refractivity contribution is 0.316. The first-order chi connectivity index (χ1) is 7.33. The van der Waals surface area contributed by atoms with E-state index in [4.69, 9.17) is 15.4 Å². The maximum atomic E-state index is 8.29. The zero-order valence-corrected chi connectivity index (χ0v) is 8.65. The predicted octanol–water partition coefficient (Wildman–Crippen LogP) is 0.938. The van der Waals surface area contributed by atoms with Crippen molar-refractivity contribution in [3.05, 3.63) is 24.2 Å². The average molecular weight is 211 g/mol. The molecule has 1 aromatic heterocycles. The first kappa shape index (κ1) is 11.6. The number of rotatable bonds is 7. The van der Waals surface area contributed by atoms with Gasteiger partial charge in [-0.15, -0.1) is 0 Å². The molecule has 0 radical (unpaired) electrons. The monoisotopic (exact) mass is 211 g/mol. The van der Waals surface area contributed by atoms with E-state index in [1.54, 1.807) is 6.26 Å². The number of nitrogens with zero attached hydrogens (tertiary/aromatic N) is 1. The fourth-order valence-corrected chi connectivity index (χ4v) is 1.24. The number of hydrogen-bond donors (Lipinski definition) is 3. The quantitative estimate of drug-likeness (QED) is 0.206. The summed E-state index contributed by atoms with van der Waals surface area (Å²) in [6.07, 6.45) is 4.04. The normalized spacial score (nSPS) is 11.9. The van der Waals surface area contributed by atoms with Crippen molar-refractivity contribution in [1.82, 2.24) is 5.32 Å². The number of hydrogen-bond acceptors (Lipinski definition) is 4. The summed E-state index contributed by atoms with van der Waals surface area (Å²) in [5.41, 5.74) is 5.32. The van der Waals surface area contributed by atoms with Crippen molar-refractivity contribution in [2.24, 2.45) is 10.9 Å². The highest BCUT2D eigenvalue weighted by Crippen LogP contribution is 1.99. The van der Waals surface area contributed by atoms with Gasteiger partial charge < -0.3 is 20.7 Å². The van der Waals surface area contributed by atoms with Gasteiger partial charge in [0.2, 0.25) is 0 Å². The molecule has 0 unspecified atom stereocenters. The van der Waals surface area contributed by atoms with Gasteiger partial charge in [-0.2, -0.15) is 0 Å². The highest BCUT2D eigenvalue weighted by molar-refractivity contribution is 5.79. The topological polar surface area (TPSA) is 83.8 Å².